The molecule has 0 aromatic heterocycles. The van der Waals surface area contributed by atoms with Crippen molar-refractivity contribution in [2.75, 3.05) is 13.2 Å². The summed E-state index contributed by atoms with van der Waals surface area (Å²) >= 11 is 0. The summed E-state index contributed by atoms with van der Waals surface area (Å²) in [5.74, 6) is 10.4. The lowest BCUT2D eigenvalue weighted by atomic mass is 9.41. The molecule has 2 N–H and O–H groups in total. The second-order valence-electron chi connectivity index (χ2n) is 19.1. The quantitative estimate of drug-likeness (QED) is 0.270. The maximum atomic E-state index is 11.4. The van der Waals surface area contributed by atoms with Crippen LogP contribution in [0.3, 0.4) is 0 Å². The van der Waals surface area contributed by atoms with Crippen molar-refractivity contribution in [1.29, 1.82) is 0 Å². The maximum absolute atomic E-state index is 11.4. The Balaban J connectivity index is 1.05. The predicted octanol–water partition coefficient (Wildman–Crippen LogP) is 9.43. The smallest absolute Gasteiger partial charge is 0.0980 e. The second kappa shape index (κ2) is 11.8. The van der Waals surface area contributed by atoms with Crippen LogP contribution in [0.5, 0.6) is 0 Å². The standard InChI is InChI=1S/C41H68O3/c1-4-32-30(21-31(33-22-34(32)33)19-26-9-6-5-7-10-26)15-16-36-39(2)18-17-38(43)40(3,24-42)37(39)23-35(41(36)25-44-41)27-11-8-12-28-20-29(28)14-13-27/h26-38,42-43H,4-25H2,1-3H3. The van der Waals surface area contributed by atoms with Crippen molar-refractivity contribution in [2.24, 2.45) is 81.8 Å². The number of hydrogen-bond acceptors (Lipinski definition) is 3. The van der Waals surface area contributed by atoms with E-state index in [1.807, 2.05) is 0 Å². The van der Waals surface area contributed by atoms with Crippen LogP contribution in [0.1, 0.15) is 149 Å². The number of rotatable bonds is 8. The molecule has 7 saturated carbocycles. The van der Waals surface area contributed by atoms with Gasteiger partial charge in [0.25, 0.3) is 0 Å². The molecule has 8 rings (SSSR count). The minimum absolute atomic E-state index is 0.0801. The molecular weight excluding hydrogens is 540 g/mol. The van der Waals surface area contributed by atoms with Gasteiger partial charge in [0.2, 0.25) is 0 Å². The van der Waals surface area contributed by atoms with E-state index in [0.717, 1.165) is 72.7 Å². The molecule has 1 heterocycles. The van der Waals surface area contributed by atoms with Crippen LogP contribution in [-0.4, -0.2) is 35.1 Å². The lowest BCUT2D eigenvalue weighted by molar-refractivity contribution is -0.197. The Hall–Kier alpha value is -0.120. The predicted molar refractivity (Wildman–Crippen MR) is 178 cm³/mol. The van der Waals surface area contributed by atoms with Gasteiger partial charge in [-0.25, -0.2) is 0 Å². The van der Waals surface area contributed by atoms with Gasteiger partial charge in [-0.15, -0.1) is 0 Å². The van der Waals surface area contributed by atoms with Gasteiger partial charge in [0.1, 0.15) is 0 Å². The number of epoxide rings is 1. The van der Waals surface area contributed by atoms with Crippen molar-refractivity contribution in [3.8, 4) is 0 Å². The van der Waals surface area contributed by atoms with Gasteiger partial charge in [-0.2, -0.15) is 0 Å². The van der Waals surface area contributed by atoms with Crippen LogP contribution in [-0.2, 0) is 4.74 Å². The van der Waals surface area contributed by atoms with E-state index in [0.29, 0.717) is 17.8 Å². The molecule has 8 fully saturated rings. The largest absolute Gasteiger partial charge is 0.396 e. The summed E-state index contributed by atoms with van der Waals surface area (Å²) in [5, 5.41) is 22.4. The van der Waals surface area contributed by atoms with Crippen molar-refractivity contribution < 1.29 is 14.9 Å². The van der Waals surface area contributed by atoms with Gasteiger partial charge >= 0.3 is 0 Å². The highest BCUT2D eigenvalue weighted by Crippen LogP contribution is 2.70. The van der Waals surface area contributed by atoms with E-state index in [1.54, 1.807) is 12.8 Å². The Morgan fingerprint density at radius 1 is 0.750 bits per heavy atom. The molecule has 8 aliphatic rings. The Bertz CT molecular complexity index is 1020. The highest BCUT2D eigenvalue weighted by atomic mass is 16.6. The van der Waals surface area contributed by atoms with Crippen LogP contribution >= 0.6 is 0 Å². The third-order valence-corrected chi connectivity index (χ3v) is 17.2. The molecule has 0 aromatic rings. The third kappa shape index (κ3) is 5.21. The van der Waals surface area contributed by atoms with Crippen LogP contribution in [0.4, 0.5) is 0 Å². The lowest BCUT2D eigenvalue weighted by Gasteiger charge is -2.63. The average molecular weight is 609 g/mol. The zero-order valence-electron chi connectivity index (χ0n) is 28.9. The van der Waals surface area contributed by atoms with Crippen molar-refractivity contribution in [1.82, 2.24) is 0 Å². The number of aliphatic hydroxyl groups excluding tert-OH is 2. The minimum Gasteiger partial charge on any atom is -0.396 e. The van der Waals surface area contributed by atoms with Crippen molar-refractivity contribution in [2.45, 2.75) is 161 Å². The molecule has 7 aliphatic carbocycles. The number of aliphatic hydroxyl groups is 2. The van der Waals surface area contributed by atoms with E-state index in [9.17, 15) is 10.2 Å². The highest BCUT2D eigenvalue weighted by Gasteiger charge is 2.71. The van der Waals surface area contributed by atoms with Crippen LogP contribution in [0.15, 0.2) is 0 Å². The highest BCUT2D eigenvalue weighted by molar-refractivity contribution is 5.19. The normalized spacial score (nSPS) is 55.3. The Kier molecular flexibility index (Phi) is 8.35. The maximum Gasteiger partial charge on any atom is 0.0980 e. The fraction of sp³-hybridized carbons (Fsp3) is 1.00. The van der Waals surface area contributed by atoms with E-state index in [2.05, 4.69) is 20.8 Å². The van der Waals surface area contributed by atoms with Gasteiger partial charge in [0.15, 0.2) is 0 Å². The topological polar surface area (TPSA) is 53.0 Å². The first-order valence-corrected chi connectivity index (χ1v) is 20.2. The minimum atomic E-state index is -0.383. The summed E-state index contributed by atoms with van der Waals surface area (Å²) in [6.07, 6.45) is 27.6. The first kappa shape index (κ1) is 31.2. The molecule has 250 valence electrons. The van der Waals surface area contributed by atoms with E-state index in [-0.39, 0.29) is 29.1 Å². The molecule has 3 heteroatoms. The monoisotopic (exact) mass is 609 g/mol. The summed E-state index contributed by atoms with van der Waals surface area (Å²) in [6.45, 7) is 8.48. The summed E-state index contributed by atoms with van der Waals surface area (Å²) in [6, 6.07) is 0. The molecule has 1 aliphatic heterocycles. The van der Waals surface area contributed by atoms with Crippen LogP contribution in [0.2, 0.25) is 0 Å². The zero-order valence-corrected chi connectivity index (χ0v) is 28.9. The molecule has 44 heavy (non-hydrogen) atoms. The van der Waals surface area contributed by atoms with Gasteiger partial charge in [-0.3, -0.25) is 0 Å². The molecule has 0 radical (unpaired) electrons. The van der Waals surface area contributed by atoms with Gasteiger partial charge in [-0.1, -0.05) is 78.6 Å². The molecular formula is C41H68O3. The number of fused-ring (bicyclic) bond motifs is 3. The van der Waals surface area contributed by atoms with Gasteiger partial charge in [0, 0.05) is 5.41 Å². The first-order chi connectivity index (χ1) is 21.3. The average Bonchev–Trinajstić information content (AvgIpc) is 3.91. The first-order valence-electron chi connectivity index (χ1n) is 20.2. The van der Waals surface area contributed by atoms with E-state index in [1.165, 1.54) is 103 Å². The zero-order chi connectivity index (χ0) is 30.3. The molecule has 3 nitrogen and oxygen atoms in total. The fourth-order valence-corrected chi connectivity index (χ4v) is 14.5. The summed E-state index contributed by atoms with van der Waals surface area (Å²) < 4.78 is 6.89. The molecule has 15 atom stereocenters. The van der Waals surface area contributed by atoms with E-state index in [4.69, 9.17) is 4.74 Å². The summed E-state index contributed by atoms with van der Waals surface area (Å²) in [4.78, 5) is 0. The molecule has 0 aromatic carbocycles. The summed E-state index contributed by atoms with van der Waals surface area (Å²) in [7, 11) is 0. The van der Waals surface area contributed by atoms with Crippen molar-refractivity contribution in [3.63, 3.8) is 0 Å². The van der Waals surface area contributed by atoms with Crippen molar-refractivity contribution >= 4 is 0 Å². The molecule has 1 saturated heterocycles. The molecule has 0 amide bonds. The third-order valence-electron chi connectivity index (χ3n) is 17.2. The van der Waals surface area contributed by atoms with Gasteiger partial charge in [0.05, 0.1) is 24.9 Å². The van der Waals surface area contributed by atoms with Crippen LogP contribution in [0.25, 0.3) is 0 Å². The van der Waals surface area contributed by atoms with E-state index >= 15 is 0 Å². The lowest BCUT2D eigenvalue weighted by Crippen LogP contribution is -2.63. The molecule has 15 unspecified atom stereocenters. The molecule has 0 bridgehead atoms. The van der Waals surface area contributed by atoms with E-state index < -0.39 is 0 Å². The van der Waals surface area contributed by atoms with Gasteiger partial charge in [-0.05, 0) is 147 Å². The summed E-state index contributed by atoms with van der Waals surface area (Å²) in [5.41, 5.74) is -0.143. The SMILES string of the molecule is CCC1C(CCC2C3(C)CCC(O)C(C)(CO)C3CC(C3CCCC4CC4CC3)C23CO3)CC(CC2CCCCC2)C2CC12. The number of ether oxygens (including phenoxy) is 1. The Morgan fingerprint density at radius 2 is 1.50 bits per heavy atom. The van der Waals surface area contributed by atoms with Crippen LogP contribution < -0.4 is 0 Å². The van der Waals surface area contributed by atoms with Crippen molar-refractivity contribution in [3.05, 3.63) is 0 Å². The number of hydrogen-bond donors (Lipinski definition) is 2. The van der Waals surface area contributed by atoms with Gasteiger partial charge < -0.3 is 14.9 Å². The Morgan fingerprint density at radius 3 is 2.25 bits per heavy atom. The molecule has 1 spiro atoms. The van der Waals surface area contributed by atoms with Crippen LogP contribution in [0, 0.1) is 81.8 Å². The fourth-order valence-electron chi connectivity index (χ4n) is 14.5. The second-order valence-corrected chi connectivity index (χ2v) is 19.1. The Labute approximate surface area is 270 Å².